The minimum atomic E-state index is -0.566. The molecule has 1 amide bonds. The fourth-order valence-corrected chi connectivity index (χ4v) is 6.14. The first-order valence-corrected chi connectivity index (χ1v) is 15.1. The normalized spacial score (nSPS) is 22.2. The molecule has 40 heavy (non-hydrogen) atoms. The standard InChI is InChI=1S/C33H45ClN2O4/c1-5-8-25-17-28(34)12-14-29(25)27-20-36(31-18-24(22(2)37)11-15-33(31)40-21-27)19-26-10-13-30(26)32(39)9-6-7-16-35(4)23(3)38/h6,9,11-12,14-15,17-18,22,26-27,30,32,37,39H,5,7-8,10,13,16,19-21H2,1-4H3/b9-6+. The van der Waals surface area contributed by atoms with E-state index in [0.717, 1.165) is 67.2 Å². The van der Waals surface area contributed by atoms with Crippen LogP contribution in [-0.2, 0) is 11.2 Å². The van der Waals surface area contributed by atoms with Gasteiger partial charge in [-0.1, -0.05) is 49.2 Å². The van der Waals surface area contributed by atoms with Crippen LogP contribution in [0.15, 0.2) is 48.6 Å². The number of fused-ring (bicyclic) bond motifs is 1. The Kier molecular flexibility index (Phi) is 10.6. The van der Waals surface area contributed by atoms with Gasteiger partial charge in [0.25, 0.3) is 0 Å². The Morgan fingerprint density at radius 3 is 2.70 bits per heavy atom. The van der Waals surface area contributed by atoms with Gasteiger partial charge in [0.05, 0.1) is 24.5 Å². The molecule has 0 spiro atoms. The molecular weight excluding hydrogens is 524 g/mol. The van der Waals surface area contributed by atoms with Gasteiger partial charge in [-0.15, -0.1) is 0 Å². The lowest BCUT2D eigenvalue weighted by molar-refractivity contribution is -0.127. The summed E-state index contributed by atoms with van der Waals surface area (Å²) in [5, 5.41) is 22.1. The predicted octanol–water partition coefficient (Wildman–Crippen LogP) is 6.14. The first-order chi connectivity index (χ1) is 19.2. The van der Waals surface area contributed by atoms with Gasteiger partial charge in [0.1, 0.15) is 5.75 Å². The third-order valence-electron chi connectivity index (χ3n) is 8.62. The van der Waals surface area contributed by atoms with Gasteiger partial charge in [-0.3, -0.25) is 4.79 Å². The van der Waals surface area contributed by atoms with E-state index in [-0.39, 0.29) is 17.7 Å². The maximum atomic E-state index is 11.4. The van der Waals surface area contributed by atoms with Crippen LogP contribution in [0.4, 0.5) is 5.69 Å². The van der Waals surface area contributed by atoms with Gasteiger partial charge in [0.15, 0.2) is 0 Å². The zero-order chi connectivity index (χ0) is 28.8. The van der Waals surface area contributed by atoms with E-state index in [9.17, 15) is 15.0 Å². The SMILES string of the molecule is CCCc1cc(Cl)ccc1C1COc2ccc(C(C)O)cc2N(CC2CCC2C(O)/C=C/CCN(C)C(C)=O)C1. The molecule has 2 aliphatic rings. The molecule has 0 saturated heterocycles. The number of aliphatic hydroxyl groups excluding tert-OH is 2. The van der Waals surface area contributed by atoms with E-state index in [1.54, 1.807) is 25.8 Å². The lowest BCUT2D eigenvalue weighted by Gasteiger charge is -2.42. The number of carbonyl (C=O) groups excluding carboxylic acids is 1. The second kappa shape index (κ2) is 13.9. The van der Waals surface area contributed by atoms with E-state index in [1.165, 1.54) is 11.1 Å². The Balaban J connectivity index is 1.54. The average Bonchev–Trinajstić information content (AvgIpc) is 3.08. The van der Waals surface area contributed by atoms with E-state index >= 15 is 0 Å². The van der Waals surface area contributed by atoms with Crippen molar-refractivity contribution in [1.82, 2.24) is 4.90 Å². The van der Waals surface area contributed by atoms with Crippen molar-refractivity contribution < 1.29 is 19.7 Å². The molecular formula is C33H45ClN2O4. The van der Waals surface area contributed by atoms with E-state index in [4.69, 9.17) is 16.3 Å². The Bertz CT molecular complexity index is 1180. The van der Waals surface area contributed by atoms with Crippen molar-refractivity contribution in [2.45, 2.75) is 71.0 Å². The van der Waals surface area contributed by atoms with Crippen LogP contribution in [0.1, 0.15) is 75.2 Å². The van der Waals surface area contributed by atoms with Crippen molar-refractivity contribution in [1.29, 1.82) is 0 Å². The molecule has 218 valence electrons. The quantitative estimate of drug-likeness (QED) is 0.319. The van der Waals surface area contributed by atoms with Crippen LogP contribution in [0.5, 0.6) is 5.75 Å². The average molecular weight is 569 g/mol. The summed E-state index contributed by atoms with van der Waals surface area (Å²) in [7, 11) is 1.79. The highest BCUT2D eigenvalue weighted by molar-refractivity contribution is 6.30. The van der Waals surface area contributed by atoms with Crippen molar-refractivity contribution in [3.05, 3.63) is 70.3 Å². The smallest absolute Gasteiger partial charge is 0.219 e. The van der Waals surface area contributed by atoms with E-state index < -0.39 is 12.2 Å². The Morgan fingerprint density at radius 2 is 2.02 bits per heavy atom. The zero-order valence-corrected chi connectivity index (χ0v) is 25.1. The van der Waals surface area contributed by atoms with Gasteiger partial charge in [0.2, 0.25) is 5.91 Å². The summed E-state index contributed by atoms with van der Waals surface area (Å²) in [6.45, 7) is 8.37. The minimum absolute atomic E-state index is 0.0483. The first kappa shape index (κ1) is 30.4. The van der Waals surface area contributed by atoms with Gasteiger partial charge in [0, 0.05) is 44.5 Å². The topological polar surface area (TPSA) is 73.2 Å². The molecule has 0 aromatic heterocycles. The largest absolute Gasteiger partial charge is 0.491 e. The number of rotatable bonds is 11. The number of hydrogen-bond donors (Lipinski definition) is 2. The van der Waals surface area contributed by atoms with Gasteiger partial charge < -0.3 is 24.7 Å². The number of benzene rings is 2. The number of halogens is 1. The summed E-state index contributed by atoms with van der Waals surface area (Å²) < 4.78 is 6.41. The summed E-state index contributed by atoms with van der Waals surface area (Å²) in [6.07, 6.45) is 7.64. The van der Waals surface area contributed by atoms with E-state index in [0.29, 0.717) is 19.1 Å². The van der Waals surface area contributed by atoms with Crippen molar-refractivity contribution in [3.63, 3.8) is 0 Å². The number of nitrogens with zero attached hydrogens (tertiary/aromatic N) is 2. The van der Waals surface area contributed by atoms with Crippen molar-refractivity contribution in [3.8, 4) is 5.75 Å². The first-order valence-electron chi connectivity index (χ1n) is 14.7. The number of carbonyl (C=O) groups is 1. The molecule has 1 saturated carbocycles. The number of aliphatic hydroxyl groups is 2. The summed E-state index contributed by atoms with van der Waals surface area (Å²) in [5.41, 5.74) is 4.43. The second-order valence-corrected chi connectivity index (χ2v) is 12.0. The summed E-state index contributed by atoms with van der Waals surface area (Å²) >= 11 is 6.38. The molecule has 6 nitrogen and oxygen atoms in total. The molecule has 1 aliphatic carbocycles. The summed E-state index contributed by atoms with van der Waals surface area (Å²) in [5.74, 6) is 1.60. The molecule has 2 N–H and O–H groups in total. The molecule has 1 fully saturated rings. The lowest BCUT2D eigenvalue weighted by Crippen LogP contribution is -2.44. The van der Waals surface area contributed by atoms with Gasteiger partial charge in [-0.2, -0.15) is 0 Å². The van der Waals surface area contributed by atoms with Crippen LogP contribution in [0.25, 0.3) is 0 Å². The second-order valence-electron chi connectivity index (χ2n) is 11.6. The van der Waals surface area contributed by atoms with Gasteiger partial charge in [-0.25, -0.2) is 0 Å². The predicted molar refractivity (Wildman–Crippen MR) is 162 cm³/mol. The molecule has 0 radical (unpaired) electrons. The van der Waals surface area contributed by atoms with Gasteiger partial charge >= 0.3 is 0 Å². The molecule has 0 bridgehead atoms. The maximum Gasteiger partial charge on any atom is 0.219 e. The molecule has 1 heterocycles. The number of hydrogen-bond acceptors (Lipinski definition) is 5. The number of aryl methyl sites for hydroxylation is 1. The van der Waals surface area contributed by atoms with Crippen molar-refractivity contribution >= 4 is 23.2 Å². The fourth-order valence-electron chi connectivity index (χ4n) is 5.95. The number of anilines is 1. The highest BCUT2D eigenvalue weighted by Gasteiger charge is 2.38. The third kappa shape index (κ3) is 7.39. The molecule has 2 aromatic rings. The lowest BCUT2D eigenvalue weighted by atomic mass is 9.70. The molecule has 1 aliphatic heterocycles. The van der Waals surface area contributed by atoms with Crippen molar-refractivity contribution in [2.24, 2.45) is 11.8 Å². The molecule has 5 atom stereocenters. The Labute approximate surface area is 244 Å². The van der Waals surface area contributed by atoms with Crippen LogP contribution < -0.4 is 9.64 Å². The molecule has 4 rings (SSSR count). The number of amides is 1. The third-order valence-corrected chi connectivity index (χ3v) is 8.86. The monoisotopic (exact) mass is 568 g/mol. The zero-order valence-electron chi connectivity index (χ0n) is 24.4. The molecule has 2 aromatic carbocycles. The van der Waals surface area contributed by atoms with Gasteiger partial charge in [-0.05, 0) is 85.4 Å². The van der Waals surface area contributed by atoms with Crippen LogP contribution in [0.3, 0.4) is 0 Å². The van der Waals surface area contributed by atoms with E-state index in [2.05, 4.69) is 30.0 Å². The molecule has 5 unspecified atom stereocenters. The van der Waals surface area contributed by atoms with Crippen molar-refractivity contribution in [2.75, 3.05) is 38.2 Å². The highest BCUT2D eigenvalue weighted by Crippen LogP contribution is 2.43. The van der Waals surface area contributed by atoms with Crippen LogP contribution >= 0.6 is 11.6 Å². The molecule has 7 heteroatoms. The Hall–Kier alpha value is -2.54. The summed E-state index contributed by atoms with van der Waals surface area (Å²) in [4.78, 5) is 15.5. The van der Waals surface area contributed by atoms with E-state index in [1.807, 2.05) is 30.4 Å². The minimum Gasteiger partial charge on any atom is -0.491 e. The fraction of sp³-hybridized carbons (Fsp3) is 0.545. The maximum absolute atomic E-state index is 11.4. The van der Waals surface area contributed by atoms with Crippen LogP contribution in [0, 0.1) is 11.8 Å². The van der Waals surface area contributed by atoms with Crippen LogP contribution in [0.2, 0.25) is 5.02 Å². The number of ether oxygens (including phenoxy) is 1. The highest BCUT2D eigenvalue weighted by atomic mass is 35.5. The Morgan fingerprint density at radius 1 is 1.23 bits per heavy atom. The van der Waals surface area contributed by atoms with Crippen LogP contribution in [-0.4, -0.2) is 60.4 Å². The summed E-state index contributed by atoms with van der Waals surface area (Å²) in [6, 6.07) is 12.2.